The van der Waals surface area contributed by atoms with Crippen LogP contribution in [0.3, 0.4) is 0 Å². The molecule has 0 bridgehead atoms. The minimum atomic E-state index is -4.73. The topological polar surface area (TPSA) is 68.5 Å². The van der Waals surface area contributed by atoms with Gasteiger partial charge in [-0.2, -0.15) is 4.98 Å². The third kappa shape index (κ3) is 3.66. The van der Waals surface area contributed by atoms with Crippen LogP contribution in [-0.2, 0) is 11.3 Å². The van der Waals surface area contributed by atoms with Gasteiger partial charge in [0.15, 0.2) is 5.82 Å². The van der Waals surface area contributed by atoms with Crippen molar-refractivity contribution in [3.63, 3.8) is 0 Å². The molecule has 2 fully saturated rings. The van der Waals surface area contributed by atoms with E-state index in [4.69, 9.17) is 4.52 Å². The molecule has 1 amide bonds. The lowest BCUT2D eigenvalue weighted by molar-refractivity contribution is -0.274. The summed E-state index contributed by atoms with van der Waals surface area (Å²) in [4.78, 5) is 18.3. The van der Waals surface area contributed by atoms with Crippen molar-refractivity contribution in [2.24, 2.45) is 0 Å². The summed E-state index contributed by atoms with van der Waals surface area (Å²) >= 11 is 0. The van der Waals surface area contributed by atoms with Gasteiger partial charge in [-0.3, -0.25) is 4.79 Å². The van der Waals surface area contributed by atoms with Crippen LogP contribution in [-0.4, -0.2) is 27.3 Å². The van der Waals surface area contributed by atoms with E-state index in [0.717, 1.165) is 12.8 Å². The van der Waals surface area contributed by atoms with E-state index in [9.17, 15) is 18.0 Å². The summed E-state index contributed by atoms with van der Waals surface area (Å²) < 4.78 is 45.9. The van der Waals surface area contributed by atoms with Crippen molar-refractivity contribution < 1.29 is 27.2 Å². The Morgan fingerprint density at radius 3 is 2.58 bits per heavy atom. The molecule has 2 aromatic rings. The van der Waals surface area contributed by atoms with Gasteiger partial charge in [0, 0.05) is 18.9 Å². The number of amides is 1. The van der Waals surface area contributed by atoms with Crippen LogP contribution in [0.15, 0.2) is 28.8 Å². The summed E-state index contributed by atoms with van der Waals surface area (Å²) in [6.45, 7) is 0.261. The predicted molar refractivity (Wildman–Crippen MR) is 81.9 cm³/mol. The third-order valence-electron chi connectivity index (χ3n) is 4.52. The highest BCUT2D eigenvalue weighted by Gasteiger charge is 2.37. The predicted octanol–water partition coefficient (Wildman–Crippen LogP) is 3.71. The average Bonchev–Trinajstić information content (AvgIpc) is 3.21. The van der Waals surface area contributed by atoms with Gasteiger partial charge in [-0.15, -0.1) is 13.2 Å². The molecule has 9 heteroatoms. The fourth-order valence-corrected chi connectivity index (χ4v) is 3.07. The van der Waals surface area contributed by atoms with Gasteiger partial charge in [0.05, 0.1) is 0 Å². The number of likely N-dealkylation sites (tertiary alicyclic amines) is 1. The summed E-state index contributed by atoms with van der Waals surface area (Å²) in [6, 6.07) is 5.18. The molecule has 2 heterocycles. The minimum Gasteiger partial charge on any atom is -0.406 e. The van der Waals surface area contributed by atoms with Crippen molar-refractivity contribution in [2.75, 3.05) is 0 Å². The number of carbonyl (C=O) groups is 1. The number of rotatable bonds is 5. The Labute approximate surface area is 146 Å². The van der Waals surface area contributed by atoms with Crippen LogP contribution in [0.5, 0.6) is 5.75 Å². The van der Waals surface area contributed by atoms with Crippen LogP contribution in [0.4, 0.5) is 13.2 Å². The molecule has 2 aliphatic rings. The molecule has 0 N–H and O–H groups in total. The molecule has 4 rings (SSSR count). The Kier molecular flexibility index (Phi) is 4.08. The van der Waals surface area contributed by atoms with E-state index in [0.29, 0.717) is 36.0 Å². The first-order chi connectivity index (χ1) is 12.4. The van der Waals surface area contributed by atoms with Crippen molar-refractivity contribution in [1.29, 1.82) is 0 Å². The summed E-state index contributed by atoms with van der Waals surface area (Å²) in [6.07, 6.45) is -1.66. The SMILES string of the molecule is O=C1CCC(c2nc(C3CC3)no2)N1Cc1ccc(OC(F)(F)F)cc1. The molecule has 26 heavy (non-hydrogen) atoms. The molecule has 0 spiro atoms. The Morgan fingerprint density at radius 1 is 1.19 bits per heavy atom. The first kappa shape index (κ1) is 16.9. The summed E-state index contributed by atoms with van der Waals surface area (Å²) in [7, 11) is 0. The smallest absolute Gasteiger partial charge is 0.406 e. The highest BCUT2D eigenvalue weighted by atomic mass is 19.4. The quantitative estimate of drug-likeness (QED) is 0.806. The molecule has 1 unspecified atom stereocenters. The molecule has 138 valence electrons. The lowest BCUT2D eigenvalue weighted by Crippen LogP contribution is -2.27. The van der Waals surface area contributed by atoms with Crippen molar-refractivity contribution in [3.05, 3.63) is 41.5 Å². The van der Waals surface area contributed by atoms with E-state index in [-0.39, 0.29) is 24.2 Å². The van der Waals surface area contributed by atoms with Gasteiger partial charge in [-0.1, -0.05) is 17.3 Å². The Balaban J connectivity index is 1.47. The third-order valence-corrected chi connectivity index (χ3v) is 4.52. The number of carbonyl (C=O) groups excluding carboxylic acids is 1. The van der Waals surface area contributed by atoms with Crippen LogP contribution in [0.25, 0.3) is 0 Å². The molecule has 1 aromatic carbocycles. The van der Waals surface area contributed by atoms with Crippen LogP contribution >= 0.6 is 0 Å². The largest absolute Gasteiger partial charge is 0.573 e. The average molecular weight is 367 g/mol. The number of ether oxygens (including phenoxy) is 1. The van der Waals surface area contributed by atoms with E-state index in [1.807, 2.05) is 0 Å². The molecule has 1 aromatic heterocycles. The fraction of sp³-hybridized carbons (Fsp3) is 0.471. The molecule has 1 aliphatic heterocycles. The van der Waals surface area contributed by atoms with Crippen molar-refractivity contribution in [2.45, 2.75) is 50.6 Å². The van der Waals surface area contributed by atoms with Crippen LogP contribution in [0.2, 0.25) is 0 Å². The van der Waals surface area contributed by atoms with Crippen LogP contribution < -0.4 is 4.74 Å². The maximum Gasteiger partial charge on any atom is 0.573 e. The Morgan fingerprint density at radius 2 is 1.92 bits per heavy atom. The van der Waals surface area contributed by atoms with E-state index >= 15 is 0 Å². The highest BCUT2D eigenvalue weighted by Crippen LogP contribution is 2.40. The molecule has 1 atom stereocenters. The summed E-state index contributed by atoms with van der Waals surface area (Å²) in [5, 5.41) is 3.99. The number of halogens is 3. The normalized spacial score (nSPS) is 20.7. The minimum absolute atomic E-state index is 0.0446. The van der Waals surface area contributed by atoms with Gasteiger partial charge in [0.25, 0.3) is 0 Å². The van der Waals surface area contributed by atoms with Gasteiger partial charge >= 0.3 is 6.36 Å². The zero-order valence-corrected chi connectivity index (χ0v) is 13.7. The van der Waals surface area contributed by atoms with Gasteiger partial charge in [-0.25, -0.2) is 0 Å². The van der Waals surface area contributed by atoms with Crippen molar-refractivity contribution in [3.8, 4) is 5.75 Å². The second-order valence-corrected chi connectivity index (χ2v) is 6.53. The molecule has 6 nitrogen and oxygen atoms in total. The molecule has 1 saturated heterocycles. The molecule has 1 saturated carbocycles. The van der Waals surface area contributed by atoms with E-state index < -0.39 is 6.36 Å². The second kappa shape index (κ2) is 6.30. The number of hydrogen-bond donors (Lipinski definition) is 0. The maximum absolute atomic E-state index is 12.2. The van der Waals surface area contributed by atoms with Gasteiger partial charge in [-0.05, 0) is 37.0 Å². The monoisotopic (exact) mass is 367 g/mol. The van der Waals surface area contributed by atoms with Gasteiger partial charge in [0.2, 0.25) is 11.8 Å². The summed E-state index contributed by atoms with van der Waals surface area (Å²) in [5.74, 6) is 1.13. The lowest BCUT2D eigenvalue weighted by Gasteiger charge is -2.22. The standard InChI is InChI=1S/C17H16F3N3O3/c18-17(19,20)25-12-5-1-10(2-6-12)9-23-13(7-8-14(23)24)16-21-15(22-26-16)11-3-4-11/h1-2,5-6,11,13H,3-4,7-9H2. The fourth-order valence-electron chi connectivity index (χ4n) is 3.07. The van der Waals surface area contributed by atoms with E-state index in [2.05, 4.69) is 14.9 Å². The van der Waals surface area contributed by atoms with Gasteiger partial charge < -0.3 is 14.2 Å². The second-order valence-electron chi connectivity index (χ2n) is 6.53. The number of alkyl halides is 3. The zero-order chi connectivity index (χ0) is 18.3. The van der Waals surface area contributed by atoms with Gasteiger partial charge in [0.1, 0.15) is 11.8 Å². The Bertz CT molecular complexity index is 800. The molecular weight excluding hydrogens is 351 g/mol. The van der Waals surface area contributed by atoms with Crippen molar-refractivity contribution in [1.82, 2.24) is 15.0 Å². The highest BCUT2D eigenvalue weighted by molar-refractivity contribution is 5.78. The van der Waals surface area contributed by atoms with E-state index in [1.54, 1.807) is 4.90 Å². The van der Waals surface area contributed by atoms with Crippen molar-refractivity contribution >= 4 is 5.91 Å². The maximum atomic E-state index is 12.2. The number of aromatic nitrogens is 2. The van der Waals surface area contributed by atoms with Crippen LogP contribution in [0, 0.1) is 0 Å². The lowest BCUT2D eigenvalue weighted by atomic mass is 10.1. The zero-order valence-electron chi connectivity index (χ0n) is 13.7. The number of hydrogen-bond acceptors (Lipinski definition) is 5. The molecular formula is C17H16F3N3O3. The summed E-state index contributed by atoms with van der Waals surface area (Å²) in [5.41, 5.74) is 0.696. The number of benzene rings is 1. The number of nitrogens with zero attached hydrogens (tertiary/aromatic N) is 3. The first-order valence-electron chi connectivity index (χ1n) is 8.37. The Hall–Kier alpha value is -2.58. The van der Waals surface area contributed by atoms with E-state index in [1.165, 1.54) is 24.3 Å². The van der Waals surface area contributed by atoms with Crippen LogP contribution in [0.1, 0.15) is 54.9 Å². The molecule has 1 aliphatic carbocycles. The first-order valence-corrected chi connectivity index (χ1v) is 8.37. The molecule has 0 radical (unpaired) electrons.